The number of piperazine rings is 1. The van der Waals surface area contributed by atoms with Crippen LogP contribution in [0.1, 0.15) is 16.8 Å². The second-order valence-electron chi connectivity index (χ2n) is 6.87. The molecular formula is C20H23F3N2O3. The quantitative estimate of drug-likeness (QED) is 0.762. The van der Waals surface area contributed by atoms with E-state index in [1.807, 2.05) is 24.3 Å². The third-order valence-electron chi connectivity index (χ3n) is 4.78. The summed E-state index contributed by atoms with van der Waals surface area (Å²) in [5, 5.41) is 12.0. The second-order valence-corrected chi connectivity index (χ2v) is 6.87. The lowest BCUT2D eigenvalue weighted by atomic mass is 10.0. The van der Waals surface area contributed by atoms with Crippen molar-refractivity contribution in [1.82, 2.24) is 9.80 Å². The van der Waals surface area contributed by atoms with Gasteiger partial charge >= 0.3 is 6.18 Å². The number of benzene rings is 2. The Balaban J connectivity index is 1.48. The molecule has 1 N–H and O–H groups in total. The number of carbonyl (C=O) groups excluding carboxylic acids is 1. The molecule has 0 radical (unpaired) electrons. The molecule has 2 aromatic carbocycles. The summed E-state index contributed by atoms with van der Waals surface area (Å²) >= 11 is 0. The second kappa shape index (κ2) is 8.79. The Kier molecular flexibility index (Phi) is 6.41. The SMILES string of the molecule is O=C(c1cc2ccccc2cc1O)N1CCN(CCCOCC(F)(F)F)CC1. The first-order chi connectivity index (χ1) is 13.3. The zero-order valence-corrected chi connectivity index (χ0v) is 15.4. The minimum atomic E-state index is -4.29. The highest BCUT2D eigenvalue weighted by Gasteiger charge is 2.27. The van der Waals surface area contributed by atoms with Gasteiger partial charge in [0.25, 0.3) is 5.91 Å². The molecule has 3 rings (SSSR count). The standard InChI is InChI=1S/C20H23F3N2O3/c21-20(22,23)14-28-11-3-6-24-7-9-25(10-8-24)19(27)17-12-15-4-1-2-5-16(15)13-18(17)26/h1-2,4-5,12-13,26H,3,6-11,14H2. The van der Waals surface area contributed by atoms with E-state index >= 15 is 0 Å². The lowest BCUT2D eigenvalue weighted by Crippen LogP contribution is -2.49. The van der Waals surface area contributed by atoms with E-state index in [9.17, 15) is 23.1 Å². The summed E-state index contributed by atoms with van der Waals surface area (Å²) in [4.78, 5) is 16.6. The van der Waals surface area contributed by atoms with Gasteiger partial charge in [-0.05, 0) is 29.3 Å². The minimum absolute atomic E-state index is 0.0343. The van der Waals surface area contributed by atoms with Crippen LogP contribution in [0.25, 0.3) is 10.8 Å². The number of phenolic OH excluding ortho intramolecular Hbond substituents is 1. The monoisotopic (exact) mass is 396 g/mol. The van der Waals surface area contributed by atoms with Crippen molar-refractivity contribution in [3.05, 3.63) is 42.0 Å². The number of rotatable bonds is 6. The van der Waals surface area contributed by atoms with Gasteiger partial charge in [-0.15, -0.1) is 0 Å². The molecule has 0 aromatic heterocycles. The van der Waals surface area contributed by atoms with Crippen LogP contribution in [0.15, 0.2) is 36.4 Å². The predicted molar refractivity (Wildman–Crippen MR) is 99.4 cm³/mol. The molecule has 0 spiro atoms. The van der Waals surface area contributed by atoms with Crippen LogP contribution in [0.3, 0.4) is 0 Å². The highest BCUT2D eigenvalue weighted by molar-refractivity contribution is 6.01. The van der Waals surface area contributed by atoms with Crippen LogP contribution >= 0.6 is 0 Å². The molecule has 8 heteroatoms. The van der Waals surface area contributed by atoms with E-state index in [4.69, 9.17) is 0 Å². The molecule has 1 aliphatic heterocycles. The van der Waals surface area contributed by atoms with Crippen LogP contribution in [0.4, 0.5) is 13.2 Å². The maximum absolute atomic E-state index is 12.8. The molecule has 0 saturated carbocycles. The normalized spacial score (nSPS) is 15.9. The van der Waals surface area contributed by atoms with Gasteiger partial charge in [-0.1, -0.05) is 24.3 Å². The first-order valence-corrected chi connectivity index (χ1v) is 9.21. The van der Waals surface area contributed by atoms with E-state index in [0.29, 0.717) is 39.1 Å². The Bertz CT molecular complexity index is 818. The van der Waals surface area contributed by atoms with Crippen LogP contribution in [-0.4, -0.2) is 72.9 Å². The highest BCUT2D eigenvalue weighted by Crippen LogP contribution is 2.26. The first kappa shape index (κ1) is 20.4. The summed E-state index contributed by atoms with van der Waals surface area (Å²) in [5.74, 6) is -0.246. The fourth-order valence-electron chi connectivity index (χ4n) is 3.32. The summed E-state index contributed by atoms with van der Waals surface area (Å²) in [6.07, 6.45) is -3.78. The van der Waals surface area contributed by atoms with Crippen LogP contribution in [0.5, 0.6) is 5.75 Å². The lowest BCUT2D eigenvalue weighted by molar-refractivity contribution is -0.174. The molecule has 1 amide bonds. The number of alkyl halides is 3. The van der Waals surface area contributed by atoms with Crippen molar-refractivity contribution in [2.45, 2.75) is 12.6 Å². The zero-order chi connectivity index (χ0) is 20.1. The summed E-state index contributed by atoms with van der Waals surface area (Å²) < 4.78 is 40.7. The average molecular weight is 396 g/mol. The summed E-state index contributed by atoms with van der Waals surface area (Å²) in [5.41, 5.74) is 0.285. The van der Waals surface area contributed by atoms with Crippen molar-refractivity contribution in [2.24, 2.45) is 0 Å². The maximum atomic E-state index is 12.8. The molecular weight excluding hydrogens is 373 g/mol. The number of aromatic hydroxyl groups is 1. The number of nitrogens with zero attached hydrogens (tertiary/aromatic N) is 2. The maximum Gasteiger partial charge on any atom is 0.411 e. The van der Waals surface area contributed by atoms with Gasteiger partial charge in [0, 0.05) is 39.3 Å². The van der Waals surface area contributed by atoms with Gasteiger partial charge in [0.1, 0.15) is 12.4 Å². The molecule has 1 aliphatic rings. The van der Waals surface area contributed by atoms with Gasteiger partial charge in [-0.25, -0.2) is 0 Å². The van der Waals surface area contributed by atoms with Gasteiger partial charge < -0.3 is 14.7 Å². The topological polar surface area (TPSA) is 53.0 Å². The van der Waals surface area contributed by atoms with Gasteiger partial charge in [0.15, 0.2) is 0 Å². The predicted octanol–water partition coefficient (Wildman–Crippen LogP) is 3.27. The Morgan fingerprint density at radius 3 is 2.36 bits per heavy atom. The number of carbonyl (C=O) groups is 1. The Labute approximate surface area is 161 Å². The molecule has 152 valence electrons. The molecule has 0 atom stereocenters. The minimum Gasteiger partial charge on any atom is -0.507 e. The fraction of sp³-hybridized carbons (Fsp3) is 0.450. The average Bonchev–Trinajstić information content (AvgIpc) is 2.66. The van der Waals surface area contributed by atoms with Crippen molar-refractivity contribution in [2.75, 3.05) is 45.9 Å². The van der Waals surface area contributed by atoms with E-state index < -0.39 is 12.8 Å². The smallest absolute Gasteiger partial charge is 0.411 e. The third-order valence-corrected chi connectivity index (χ3v) is 4.78. The van der Waals surface area contributed by atoms with Crippen molar-refractivity contribution in [3.63, 3.8) is 0 Å². The molecule has 0 aliphatic carbocycles. The van der Waals surface area contributed by atoms with E-state index in [1.165, 1.54) is 0 Å². The summed E-state index contributed by atoms with van der Waals surface area (Å²) in [6.45, 7) is 1.76. The number of fused-ring (bicyclic) bond motifs is 1. The Hall–Kier alpha value is -2.32. The molecule has 1 fully saturated rings. The van der Waals surface area contributed by atoms with Crippen molar-refractivity contribution in [3.8, 4) is 5.75 Å². The molecule has 1 saturated heterocycles. The highest BCUT2D eigenvalue weighted by atomic mass is 19.4. The molecule has 0 bridgehead atoms. The van der Waals surface area contributed by atoms with E-state index in [-0.39, 0.29) is 23.8 Å². The van der Waals surface area contributed by atoms with Crippen molar-refractivity contribution in [1.29, 1.82) is 0 Å². The lowest BCUT2D eigenvalue weighted by Gasteiger charge is -2.34. The van der Waals surface area contributed by atoms with Gasteiger partial charge in [0.2, 0.25) is 0 Å². The summed E-state index contributed by atoms with van der Waals surface area (Å²) in [6, 6.07) is 10.8. The Morgan fingerprint density at radius 2 is 1.71 bits per heavy atom. The third kappa shape index (κ3) is 5.36. The number of hydrogen-bond acceptors (Lipinski definition) is 4. The van der Waals surface area contributed by atoms with E-state index in [0.717, 1.165) is 10.8 Å². The van der Waals surface area contributed by atoms with Crippen molar-refractivity contribution >= 4 is 16.7 Å². The summed E-state index contributed by atoms with van der Waals surface area (Å²) in [7, 11) is 0. The van der Waals surface area contributed by atoms with E-state index in [2.05, 4.69) is 9.64 Å². The molecule has 1 heterocycles. The number of phenols is 1. The fourth-order valence-corrected chi connectivity index (χ4v) is 3.32. The molecule has 0 unspecified atom stereocenters. The largest absolute Gasteiger partial charge is 0.507 e. The molecule has 5 nitrogen and oxygen atoms in total. The van der Waals surface area contributed by atoms with Gasteiger partial charge in [0.05, 0.1) is 5.56 Å². The van der Waals surface area contributed by atoms with Crippen LogP contribution in [0, 0.1) is 0 Å². The zero-order valence-electron chi connectivity index (χ0n) is 15.4. The van der Waals surface area contributed by atoms with Gasteiger partial charge in [-0.3, -0.25) is 9.69 Å². The van der Waals surface area contributed by atoms with Crippen LogP contribution in [-0.2, 0) is 4.74 Å². The number of hydrogen-bond donors (Lipinski definition) is 1. The molecule has 28 heavy (non-hydrogen) atoms. The number of ether oxygens (including phenoxy) is 1. The van der Waals surface area contributed by atoms with Crippen LogP contribution < -0.4 is 0 Å². The Morgan fingerprint density at radius 1 is 1.07 bits per heavy atom. The van der Waals surface area contributed by atoms with Crippen molar-refractivity contribution < 1.29 is 27.8 Å². The van der Waals surface area contributed by atoms with E-state index in [1.54, 1.807) is 17.0 Å². The first-order valence-electron chi connectivity index (χ1n) is 9.21. The number of amides is 1. The van der Waals surface area contributed by atoms with Crippen LogP contribution in [0.2, 0.25) is 0 Å². The van der Waals surface area contributed by atoms with Gasteiger partial charge in [-0.2, -0.15) is 13.2 Å². The number of halogens is 3. The molecule has 2 aromatic rings.